The Morgan fingerprint density at radius 3 is 2.22 bits per heavy atom. The van der Waals surface area contributed by atoms with Gasteiger partial charge in [-0.2, -0.15) is 0 Å². The highest BCUT2D eigenvalue weighted by Crippen LogP contribution is 2.38. The number of halogens is 1. The molecular formula is C23H34IN5O3. The van der Waals surface area contributed by atoms with Gasteiger partial charge in [-0.3, -0.25) is 0 Å². The van der Waals surface area contributed by atoms with Crippen LogP contribution in [0.25, 0.3) is 0 Å². The minimum absolute atomic E-state index is 0. The number of hydrogen-bond donors (Lipinski definition) is 2. The Labute approximate surface area is 207 Å². The second-order valence-corrected chi connectivity index (χ2v) is 7.30. The van der Waals surface area contributed by atoms with Crippen molar-refractivity contribution in [2.45, 2.75) is 32.9 Å². The van der Waals surface area contributed by atoms with Crippen molar-refractivity contribution in [3.05, 3.63) is 41.6 Å². The van der Waals surface area contributed by atoms with E-state index in [1.165, 1.54) is 12.8 Å². The molecule has 0 unspecified atom stereocenters. The van der Waals surface area contributed by atoms with Gasteiger partial charge in [-0.25, -0.2) is 9.98 Å². The zero-order chi connectivity index (χ0) is 22.1. The van der Waals surface area contributed by atoms with Crippen LogP contribution in [0.3, 0.4) is 0 Å². The van der Waals surface area contributed by atoms with E-state index in [2.05, 4.69) is 32.7 Å². The molecule has 1 aliphatic rings. The van der Waals surface area contributed by atoms with Crippen LogP contribution in [0.1, 0.15) is 30.9 Å². The number of hydrogen-bond acceptors (Lipinski definition) is 6. The molecular weight excluding hydrogens is 521 g/mol. The number of methoxy groups -OCH3 is 3. The second-order valence-electron chi connectivity index (χ2n) is 7.30. The number of nitrogens with one attached hydrogen (secondary N) is 2. The normalized spacial score (nSPS) is 13.4. The fourth-order valence-electron chi connectivity index (χ4n) is 3.58. The molecule has 32 heavy (non-hydrogen) atoms. The lowest BCUT2D eigenvalue weighted by atomic mass is 10.2. The Hall–Kier alpha value is -2.43. The van der Waals surface area contributed by atoms with E-state index in [1.807, 2.05) is 25.3 Å². The van der Waals surface area contributed by atoms with Crippen LogP contribution in [0.4, 0.5) is 5.82 Å². The van der Waals surface area contributed by atoms with Gasteiger partial charge in [0, 0.05) is 32.4 Å². The van der Waals surface area contributed by atoms with Crippen LogP contribution in [-0.2, 0) is 13.1 Å². The third kappa shape index (κ3) is 6.78. The van der Waals surface area contributed by atoms with Gasteiger partial charge in [0.2, 0.25) is 5.75 Å². The summed E-state index contributed by atoms with van der Waals surface area (Å²) in [5.41, 5.74) is 2.07. The fourth-order valence-corrected chi connectivity index (χ4v) is 3.58. The van der Waals surface area contributed by atoms with Crippen LogP contribution in [0.2, 0.25) is 0 Å². The molecule has 0 spiro atoms. The summed E-state index contributed by atoms with van der Waals surface area (Å²) in [4.78, 5) is 11.7. The van der Waals surface area contributed by atoms with Gasteiger partial charge in [0.15, 0.2) is 17.5 Å². The summed E-state index contributed by atoms with van der Waals surface area (Å²) in [6.07, 6.45) is 4.43. The van der Waals surface area contributed by atoms with Gasteiger partial charge in [0.25, 0.3) is 0 Å². The maximum absolute atomic E-state index is 5.43. The van der Waals surface area contributed by atoms with E-state index < -0.39 is 0 Å². The minimum Gasteiger partial charge on any atom is -0.493 e. The molecule has 1 aromatic carbocycles. The summed E-state index contributed by atoms with van der Waals surface area (Å²) < 4.78 is 16.2. The molecule has 2 heterocycles. The highest BCUT2D eigenvalue weighted by atomic mass is 127. The van der Waals surface area contributed by atoms with Gasteiger partial charge in [-0.05, 0) is 49.1 Å². The highest BCUT2D eigenvalue weighted by Gasteiger charge is 2.14. The number of pyridine rings is 1. The first-order valence-electron chi connectivity index (χ1n) is 10.7. The lowest BCUT2D eigenvalue weighted by molar-refractivity contribution is 0.324. The summed E-state index contributed by atoms with van der Waals surface area (Å²) >= 11 is 0. The Morgan fingerprint density at radius 2 is 1.69 bits per heavy atom. The van der Waals surface area contributed by atoms with Crippen LogP contribution in [-0.4, -0.2) is 51.9 Å². The van der Waals surface area contributed by atoms with Crippen LogP contribution in [0.15, 0.2) is 35.5 Å². The fraction of sp³-hybridized carbons (Fsp3) is 0.478. The summed E-state index contributed by atoms with van der Waals surface area (Å²) in [7, 11) is 4.82. The molecule has 1 aromatic heterocycles. The summed E-state index contributed by atoms with van der Waals surface area (Å²) in [6.45, 7) is 6.13. The van der Waals surface area contributed by atoms with E-state index >= 15 is 0 Å². The number of aliphatic imine (C=N–C) groups is 1. The molecule has 0 saturated carbocycles. The average Bonchev–Trinajstić information content (AvgIpc) is 3.35. The Bertz CT molecular complexity index is 845. The highest BCUT2D eigenvalue weighted by molar-refractivity contribution is 14.0. The van der Waals surface area contributed by atoms with E-state index in [1.54, 1.807) is 21.3 Å². The van der Waals surface area contributed by atoms with Gasteiger partial charge >= 0.3 is 0 Å². The first-order valence-corrected chi connectivity index (χ1v) is 10.7. The van der Waals surface area contributed by atoms with Crippen molar-refractivity contribution >= 4 is 35.8 Å². The topological polar surface area (TPSA) is 80.2 Å². The first-order chi connectivity index (χ1) is 15.2. The zero-order valence-electron chi connectivity index (χ0n) is 19.3. The van der Waals surface area contributed by atoms with Gasteiger partial charge < -0.3 is 29.7 Å². The molecule has 2 N–H and O–H groups in total. The van der Waals surface area contributed by atoms with E-state index in [4.69, 9.17) is 19.2 Å². The monoisotopic (exact) mass is 555 g/mol. The molecule has 9 heteroatoms. The molecule has 1 fully saturated rings. The molecule has 1 aliphatic heterocycles. The Morgan fingerprint density at radius 1 is 1.00 bits per heavy atom. The quantitative estimate of drug-likeness (QED) is 0.278. The lowest BCUT2D eigenvalue weighted by Gasteiger charge is -2.17. The minimum atomic E-state index is 0. The van der Waals surface area contributed by atoms with E-state index in [-0.39, 0.29) is 24.0 Å². The second kappa shape index (κ2) is 13.2. The Balaban J connectivity index is 0.00000363. The van der Waals surface area contributed by atoms with Gasteiger partial charge in [-0.1, -0.05) is 6.07 Å². The third-order valence-corrected chi connectivity index (χ3v) is 5.19. The first kappa shape index (κ1) is 25.8. The van der Waals surface area contributed by atoms with Crippen molar-refractivity contribution in [3.63, 3.8) is 0 Å². The predicted molar refractivity (Wildman–Crippen MR) is 139 cm³/mol. The van der Waals surface area contributed by atoms with Crippen LogP contribution < -0.4 is 29.7 Å². The molecule has 176 valence electrons. The van der Waals surface area contributed by atoms with Crippen LogP contribution in [0.5, 0.6) is 17.2 Å². The lowest BCUT2D eigenvalue weighted by Crippen LogP contribution is -2.36. The number of anilines is 1. The molecule has 3 rings (SSSR count). The van der Waals surface area contributed by atoms with Crippen LogP contribution in [0, 0.1) is 0 Å². The zero-order valence-corrected chi connectivity index (χ0v) is 21.6. The van der Waals surface area contributed by atoms with Crippen LogP contribution >= 0.6 is 24.0 Å². The van der Waals surface area contributed by atoms with Crippen molar-refractivity contribution in [1.29, 1.82) is 0 Å². The van der Waals surface area contributed by atoms with Crippen molar-refractivity contribution in [1.82, 2.24) is 15.6 Å². The predicted octanol–water partition coefficient (Wildman–Crippen LogP) is 3.58. The van der Waals surface area contributed by atoms with Gasteiger partial charge in [-0.15, -0.1) is 24.0 Å². The summed E-state index contributed by atoms with van der Waals surface area (Å²) in [5, 5.41) is 6.66. The number of guanidine groups is 1. The average molecular weight is 555 g/mol. The number of aromatic nitrogens is 1. The number of nitrogens with zero attached hydrogens (tertiary/aromatic N) is 3. The van der Waals surface area contributed by atoms with Crippen molar-refractivity contribution in [2.24, 2.45) is 4.99 Å². The van der Waals surface area contributed by atoms with Gasteiger partial charge in [0.05, 0.1) is 27.9 Å². The maximum atomic E-state index is 5.43. The molecule has 0 radical (unpaired) electrons. The SMILES string of the molecule is CCNC(=NCc1cc(OC)c(OC)c(OC)c1)NCc1ccc(N2CCCC2)nc1.I. The number of benzene rings is 1. The molecule has 1 saturated heterocycles. The molecule has 0 atom stereocenters. The van der Waals surface area contributed by atoms with E-state index in [9.17, 15) is 0 Å². The molecule has 8 nitrogen and oxygen atoms in total. The largest absolute Gasteiger partial charge is 0.493 e. The van der Waals surface area contributed by atoms with E-state index in [0.29, 0.717) is 30.3 Å². The molecule has 2 aromatic rings. The molecule has 0 aliphatic carbocycles. The number of ether oxygens (including phenoxy) is 3. The number of rotatable bonds is 9. The standard InChI is InChI=1S/C23H33N5O3.HI/c1-5-24-23(26-15-17-8-9-21(25-14-17)28-10-6-7-11-28)27-16-18-12-19(29-2)22(31-4)20(13-18)30-3;/h8-9,12-14H,5-7,10-11,15-16H2,1-4H3,(H2,24,26,27);1H. The Kier molecular flexibility index (Phi) is 10.6. The van der Waals surface area contributed by atoms with Crippen molar-refractivity contribution < 1.29 is 14.2 Å². The molecule has 0 bridgehead atoms. The van der Waals surface area contributed by atoms with E-state index in [0.717, 1.165) is 42.5 Å². The van der Waals surface area contributed by atoms with Gasteiger partial charge in [0.1, 0.15) is 5.82 Å². The summed E-state index contributed by atoms with van der Waals surface area (Å²) in [5.74, 6) is 3.61. The summed E-state index contributed by atoms with van der Waals surface area (Å²) in [6, 6.07) is 8.05. The molecule has 0 amide bonds. The van der Waals surface area contributed by atoms with Crippen molar-refractivity contribution in [2.75, 3.05) is 45.9 Å². The maximum Gasteiger partial charge on any atom is 0.203 e. The van der Waals surface area contributed by atoms with Crippen molar-refractivity contribution in [3.8, 4) is 17.2 Å². The third-order valence-electron chi connectivity index (χ3n) is 5.19. The smallest absolute Gasteiger partial charge is 0.203 e.